The van der Waals surface area contributed by atoms with E-state index in [9.17, 15) is 18.0 Å². The number of carbonyl (C=O) groups excluding carboxylic acids is 1. The Hall–Kier alpha value is -4.16. The molecular weight excluding hydrogens is 547 g/mol. The van der Waals surface area contributed by atoms with Crippen molar-refractivity contribution in [3.05, 3.63) is 65.4 Å². The number of morpholine rings is 1. The first kappa shape index (κ1) is 29.3. The van der Waals surface area contributed by atoms with Gasteiger partial charge in [0.15, 0.2) is 11.5 Å². The van der Waals surface area contributed by atoms with Gasteiger partial charge in [0, 0.05) is 49.2 Å². The number of nitrogens with two attached hydrogens (primary N) is 1. The molecule has 1 saturated heterocycles. The Balaban J connectivity index is 1.33. The second-order valence-corrected chi connectivity index (χ2v) is 11.4. The molecule has 42 heavy (non-hydrogen) atoms. The van der Waals surface area contributed by atoms with Gasteiger partial charge in [-0.15, -0.1) is 0 Å². The van der Waals surface area contributed by atoms with Crippen LogP contribution in [-0.2, 0) is 29.9 Å². The van der Waals surface area contributed by atoms with Gasteiger partial charge in [-0.3, -0.25) is 4.90 Å². The lowest BCUT2D eigenvalue weighted by atomic mass is 9.89. The minimum absolute atomic E-state index is 0.0445. The number of urea groups is 1. The third-order valence-electron chi connectivity index (χ3n) is 7.21. The number of aromatic nitrogens is 3. The van der Waals surface area contributed by atoms with Gasteiger partial charge in [0.25, 0.3) is 0 Å². The van der Waals surface area contributed by atoms with E-state index in [0.717, 1.165) is 28.3 Å². The van der Waals surface area contributed by atoms with Crippen LogP contribution in [0.3, 0.4) is 0 Å². The van der Waals surface area contributed by atoms with Crippen molar-refractivity contribution in [1.82, 2.24) is 19.7 Å². The highest BCUT2D eigenvalue weighted by molar-refractivity contribution is 6.02. The fourth-order valence-corrected chi connectivity index (χ4v) is 4.97. The molecule has 2 amide bonds. The van der Waals surface area contributed by atoms with Gasteiger partial charge in [-0.25, -0.2) is 14.5 Å². The van der Waals surface area contributed by atoms with Crippen molar-refractivity contribution < 1.29 is 22.7 Å². The number of hydrogen-bond donors (Lipinski definition) is 3. The lowest BCUT2D eigenvalue weighted by molar-refractivity contribution is -0.138. The molecular formula is C30H34F3N7O2. The van der Waals surface area contributed by atoms with Gasteiger partial charge in [0.2, 0.25) is 0 Å². The number of hydrogen-bond acceptors (Lipinski definition) is 6. The minimum Gasteiger partial charge on any atom is -0.382 e. The van der Waals surface area contributed by atoms with Gasteiger partial charge in [0.05, 0.1) is 24.2 Å². The van der Waals surface area contributed by atoms with Crippen LogP contribution >= 0.6 is 0 Å². The molecule has 0 aliphatic carbocycles. The molecule has 3 heterocycles. The van der Waals surface area contributed by atoms with E-state index in [0.29, 0.717) is 43.5 Å². The molecule has 5 rings (SSSR count). The summed E-state index contributed by atoms with van der Waals surface area (Å²) in [6.07, 6.45) is -4.56. The molecule has 1 aliphatic rings. The maximum atomic E-state index is 13.9. The highest BCUT2D eigenvalue weighted by atomic mass is 19.4. The number of halogens is 3. The van der Waals surface area contributed by atoms with Crippen LogP contribution in [-0.4, -0.2) is 52.0 Å². The molecule has 2 aromatic carbocycles. The summed E-state index contributed by atoms with van der Waals surface area (Å²) < 4.78 is 48.6. The van der Waals surface area contributed by atoms with Crippen molar-refractivity contribution in [2.45, 2.75) is 38.9 Å². The summed E-state index contributed by atoms with van der Waals surface area (Å²) in [6.45, 7) is 8.50. The molecule has 0 unspecified atom stereocenters. The number of fused-ring (bicyclic) bond motifs is 1. The fraction of sp³-hybridized carbons (Fsp3) is 0.367. The summed E-state index contributed by atoms with van der Waals surface area (Å²) in [4.78, 5) is 19.4. The van der Waals surface area contributed by atoms with Crippen LogP contribution in [0.25, 0.3) is 22.2 Å². The maximum absolute atomic E-state index is 13.9. The maximum Gasteiger partial charge on any atom is 0.416 e. The van der Waals surface area contributed by atoms with E-state index < -0.39 is 17.8 Å². The van der Waals surface area contributed by atoms with Crippen molar-refractivity contribution in [2.75, 3.05) is 42.7 Å². The highest BCUT2D eigenvalue weighted by Crippen LogP contribution is 2.36. The molecule has 4 aromatic rings. The molecule has 0 radical (unpaired) electrons. The van der Waals surface area contributed by atoms with E-state index in [1.807, 2.05) is 23.1 Å². The first-order valence-electron chi connectivity index (χ1n) is 13.6. The van der Waals surface area contributed by atoms with Gasteiger partial charge >= 0.3 is 12.2 Å². The number of nitrogens with zero attached hydrogens (tertiary/aromatic N) is 4. The van der Waals surface area contributed by atoms with Crippen LogP contribution in [0.15, 0.2) is 48.5 Å². The Morgan fingerprint density at radius 3 is 2.29 bits per heavy atom. The molecule has 1 aliphatic heterocycles. The van der Waals surface area contributed by atoms with Crippen molar-refractivity contribution >= 4 is 34.3 Å². The number of anilines is 3. The quantitative estimate of drug-likeness (QED) is 0.266. The van der Waals surface area contributed by atoms with E-state index in [1.54, 1.807) is 23.9 Å². The molecule has 9 nitrogen and oxygen atoms in total. The van der Waals surface area contributed by atoms with E-state index in [-0.39, 0.29) is 23.2 Å². The van der Waals surface area contributed by atoms with Crippen molar-refractivity contribution in [3.63, 3.8) is 0 Å². The summed E-state index contributed by atoms with van der Waals surface area (Å²) in [5.74, 6) is 0.367. The van der Waals surface area contributed by atoms with Gasteiger partial charge in [-0.1, -0.05) is 39.0 Å². The minimum atomic E-state index is -4.56. The van der Waals surface area contributed by atoms with E-state index >= 15 is 0 Å². The molecule has 1 fully saturated rings. The lowest BCUT2D eigenvalue weighted by Gasteiger charge is -2.27. The van der Waals surface area contributed by atoms with Crippen LogP contribution in [0.1, 0.15) is 37.6 Å². The van der Waals surface area contributed by atoms with Crippen LogP contribution in [0, 0.1) is 0 Å². The molecule has 222 valence electrons. The number of nitrogens with one attached hydrogen (secondary N) is 2. The molecule has 4 N–H and O–H groups in total. The predicted octanol–water partition coefficient (Wildman–Crippen LogP) is 6.01. The van der Waals surface area contributed by atoms with E-state index in [2.05, 4.69) is 36.5 Å². The first-order chi connectivity index (χ1) is 19.8. The molecule has 0 saturated carbocycles. The summed E-state index contributed by atoms with van der Waals surface area (Å²) in [7, 11) is 1.79. The summed E-state index contributed by atoms with van der Waals surface area (Å²) >= 11 is 0. The van der Waals surface area contributed by atoms with Crippen molar-refractivity contribution in [2.24, 2.45) is 7.05 Å². The molecule has 0 bridgehead atoms. The second kappa shape index (κ2) is 11.3. The standard InChI is InChI=1S/C30H34F3N7O2/c1-29(2,3)24-16-22(25-26(34)38-39(4)27(25)37-24)18-5-8-20(9-6-18)35-28(41)36-21-10-7-19(23(15-21)30(31,32)33)17-40-11-13-42-14-12-40/h5-10,15-16H,11-14,17H2,1-4H3,(H2,34,38)(H2,35,36,41). The zero-order valence-corrected chi connectivity index (χ0v) is 24.0. The number of rotatable bonds is 5. The third kappa shape index (κ3) is 6.34. The normalized spacial score (nSPS) is 14.7. The SMILES string of the molecule is Cn1nc(N)c2c(-c3ccc(NC(=O)Nc4ccc(CN5CCOCC5)c(C(F)(F)F)c4)cc3)cc(C(C)(C)C)nc21. The number of aryl methyl sites for hydroxylation is 1. The van der Waals surface area contributed by atoms with E-state index in [1.165, 1.54) is 12.1 Å². The Labute approximate surface area is 241 Å². The van der Waals surface area contributed by atoms with Gasteiger partial charge in [-0.2, -0.15) is 18.3 Å². The Morgan fingerprint density at radius 2 is 1.64 bits per heavy atom. The third-order valence-corrected chi connectivity index (χ3v) is 7.21. The summed E-state index contributed by atoms with van der Waals surface area (Å²) in [5.41, 5.74) is 9.17. The average Bonchev–Trinajstić information content (AvgIpc) is 3.22. The van der Waals surface area contributed by atoms with Crippen LogP contribution < -0.4 is 16.4 Å². The van der Waals surface area contributed by atoms with Crippen LogP contribution in [0.4, 0.5) is 35.2 Å². The zero-order valence-electron chi connectivity index (χ0n) is 24.0. The Bertz CT molecular complexity index is 1600. The van der Waals surface area contributed by atoms with Crippen molar-refractivity contribution in [3.8, 4) is 11.1 Å². The number of ether oxygens (including phenoxy) is 1. The Kier molecular flexibility index (Phi) is 7.86. The smallest absolute Gasteiger partial charge is 0.382 e. The number of nitrogen functional groups attached to an aromatic ring is 1. The number of amides is 2. The van der Waals surface area contributed by atoms with Gasteiger partial charge in [0.1, 0.15) is 0 Å². The topological polar surface area (TPSA) is 110 Å². The molecule has 0 atom stereocenters. The van der Waals surface area contributed by atoms with Gasteiger partial charge in [-0.05, 0) is 47.0 Å². The molecule has 2 aromatic heterocycles. The lowest BCUT2D eigenvalue weighted by Crippen LogP contribution is -2.36. The van der Waals surface area contributed by atoms with Crippen molar-refractivity contribution in [1.29, 1.82) is 0 Å². The highest BCUT2D eigenvalue weighted by Gasteiger charge is 2.34. The number of carbonyl (C=O) groups is 1. The van der Waals surface area contributed by atoms with E-state index in [4.69, 9.17) is 15.5 Å². The zero-order chi connectivity index (χ0) is 30.2. The second-order valence-electron chi connectivity index (χ2n) is 11.4. The summed E-state index contributed by atoms with van der Waals surface area (Å²) in [5, 5.41) is 10.3. The predicted molar refractivity (Wildman–Crippen MR) is 157 cm³/mol. The van der Waals surface area contributed by atoms with Crippen LogP contribution in [0.5, 0.6) is 0 Å². The largest absolute Gasteiger partial charge is 0.416 e. The average molecular weight is 582 g/mol. The van der Waals surface area contributed by atoms with Gasteiger partial charge < -0.3 is 21.1 Å². The monoisotopic (exact) mass is 581 g/mol. The number of alkyl halides is 3. The Morgan fingerprint density at radius 1 is 1.00 bits per heavy atom. The fourth-order valence-electron chi connectivity index (χ4n) is 4.97. The first-order valence-corrected chi connectivity index (χ1v) is 13.6. The number of pyridine rings is 1. The summed E-state index contributed by atoms with van der Waals surface area (Å²) in [6, 6.07) is 12.3. The molecule has 12 heteroatoms. The molecule has 0 spiro atoms. The van der Waals surface area contributed by atoms with Crippen LogP contribution in [0.2, 0.25) is 0 Å². The number of benzene rings is 2.